The number of methoxy groups -OCH3 is 1. The molecule has 1 heterocycles. The first-order valence-corrected chi connectivity index (χ1v) is 5.60. The second-order valence-electron chi connectivity index (χ2n) is 3.89. The minimum absolute atomic E-state index is 0.0804. The van der Waals surface area contributed by atoms with Crippen LogP contribution in [0.2, 0.25) is 0 Å². The lowest BCUT2D eigenvalue weighted by Gasteiger charge is -2.02. The van der Waals surface area contributed by atoms with Gasteiger partial charge in [0, 0.05) is 13.2 Å². The summed E-state index contributed by atoms with van der Waals surface area (Å²) < 4.78 is 6.77. The molecule has 0 radical (unpaired) electrons. The van der Waals surface area contributed by atoms with Crippen molar-refractivity contribution in [1.82, 2.24) is 4.57 Å². The molecule has 2 aromatic rings. The summed E-state index contributed by atoms with van der Waals surface area (Å²) in [5.41, 5.74) is 0.853. The summed E-state index contributed by atoms with van der Waals surface area (Å²) in [6, 6.07) is 10.1. The van der Waals surface area contributed by atoms with Crippen LogP contribution in [0.5, 0.6) is 5.75 Å². The molecule has 0 atom stereocenters. The van der Waals surface area contributed by atoms with E-state index in [1.165, 1.54) is 13.2 Å². The Hall–Kier alpha value is -2.63. The van der Waals surface area contributed by atoms with Crippen molar-refractivity contribution in [2.75, 3.05) is 7.11 Å². The van der Waals surface area contributed by atoms with Gasteiger partial charge in [0.15, 0.2) is 0 Å². The van der Waals surface area contributed by atoms with E-state index in [-0.39, 0.29) is 5.69 Å². The SMILES string of the molecule is COc1ccc(N=c2ccccn2C)c([N+](=O)[O-])c1. The normalized spacial score (nSPS) is 11.4. The van der Waals surface area contributed by atoms with Crippen molar-refractivity contribution in [1.29, 1.82) is 0 Å². The molecule has 2 rings (SSSR count). The molecule has 98 valence electrons. The molecule has 1 aromatic carbocycles. The van der Waals surface area contributed by atoms with Crippen LogP contribution in [-0.4, -0.2) is 16.6 Å². The molecular weight excluding hydrogens is 246 g/mol. The smallest absolute Gasteiger partial charge is 0.298 e. The van der Waals surface area contributed by atoms with Crippen LogP contribution < -0.4 is 10.2 Å². The van der Waals surface area contributed by atoms with Gasteiger partial charge in [0.1, 0.15) is 16.9 Å². The molecule has 0 aliphatic heterocycles. The number of rotatable bonds is 3. The lowest BCUT2D eigenvalue weighted by molar-refractivity contribution is -0.384. The van der Waals surface area contributed by atoms with Gasteiger partial charge in [-0.1, -0.05) is 6.07 Å². The quantitative estimate of drug-likeness (QED) is 0.626. The molecule has 0 spiro atoms. The van der Waals surface area contributed by atoms with E-state index in [9.17, 15) is 10.1 Å². The van der Waals surface area contributed by atoms with Crippen molar-refractivity contribution in [3.63, 3.8) is 0 Å². The summed E-state index contributed by atoms with van der Waals surface area (Å²) in [5, 5.41) is 11.0. The standard InChI is InChI=1S/C13H13N3O3/c1-15-8-4-3-5-13(15)14-11-7-6-10(19-2)9-12(11)16(17)18/h3-9H,1-2H3. The maximum absolute atomic E-state index is 11.0. The number of aromatic nitrogens is 1. The van der Waals surface area contributed by atoms with Crippen LogP contribution in [0, 0.1) is 10.1 Å². The predicted octanol–water partition coefficient (Wildman–Crippen LogP) is 2.17. The summed E-state index contributed by atoms with van der Waals surface area (Å²) in [4.78, 5) is 14.9. The van der Waals surface area contributed by atoms with Gasteiger partial charge >= 0.3 is 0 Å². The highest BCUT2D eigenvalue weighted by molar-refractivity contribution is 5.60. The first kappa shape index (κ1) is 12.8. The number of ether oxygens (including phenoxy) is 1. The summed E-state index contributed by atoms with van der Waals surface area (Å²) in [6.07, 6.45) is 1.83. The zero-order chi connectivity index (χ0) is 13.8. The van der Waals surface area contributed by atoms with Gasteiger partial charge in [-0.3, -0.25) is 10.1 Å². The van der Waals surface area contributed by atoms with Crippen molar-refractivity contribution in [2.45, 2.75) is 0 Å². The Labute approximate surface area is 109 Å². The van der Waals surface area contributed by atoms with Crippen LogP contribution in [0.15, 0.2) is 47.6 Å². The number of nitrogens with zero attached hydrogens (tertiary/aromatic N) is 3. The zero-order valence-electron chi connectivity index (χ0n) is 10.6. The third-order valence-electron chi connectivity index (χ3n) is 2.64. The number of hydrogen-bond donors (Lipinski definition) is 0. The van der Waals surface area contributed by atoms with Gasteiger partial charge in [-0.15, -0.1) is 0 Å². The Kier molecular flexibility index (Phi) is 3.61. The highest BCUT2D eigenvalue weighted by atomic mass is 16.6. The highest BCUT2D eigenvalue weighted by Crippen LogP contribution is 2.30. The molecule has 0 amide bonds. The molecular formula is C13H13N3O3. The molecule has 0 saturated carbocycles. The number of nitro benzene ring substituents is 1. The zero-order valence-corrected chi connectivity index (χ0v) is 10.6. The van der Waals surface area contributed by atoms with Crippen LogP contribution in [0.4, 0.5) is 11.4 Å². The van der Waals surface area contributed by atoms with Gasteiger partial charge in [0.05, 0.1) is 18.1 Å². The molecule has 0 saturated heterocycles. The average Bonchev–Trinajstić information content (AvgIpc) is 2.41. The molecule has 0 unspecified atom stereocenters. The van der Waals surface area contributed by atoms with Gasteiger partial charge in [0.25, 0.3) is 5.69 Å². The van der Waals surface area contributed by atoms with Crippen molar-refractivity contribution in [2.24, 2.45) is 12.0 Å². The van der Waals surface area contributed by atoms with E-state index in [4.69, 9.17) is 4.74 Å². The lowest BCUT2D eigenvalue weighted by Crippen LogP contribution is -2.15. The monoisotopic (exact) mass is 259 g/mol. The predicted molar refractivity (Wildman–Crippen MR) is 70.3 cm³/mol. The van der Waals surface area contributed by atoms with E-state index >= 15 is 0 Å². The van der Waals surface area contributed by atoms with Gasteiger partial charge in [-0.05, 0) is 24.3 Å². The summed E-state index contributed by atoms with van der Waals surface area (Å²) in [5.74, 6) is 0.433. The Morgan fingerprint density at radius 1 is 1.32 bits per heavy atom. The average molecular weight is 259 g/mol. The number of benzene rings is 1. The Bertz CT molecular complexity index is 677. The van der Waals surface area contributed by atoms with Crippen molar-refractivity contribution < 1.29 is 9.66 Å². The summed E-state index contributed by atoms with van der Waals surface area (Å²) >= 11 is 0. The summed E-state index contributed by atoms with van der Waals surface area (Å²) in [7, 11) is 3.29. The van der Waals surface area contributed by atoms with E-state index in [0.29, 0.717) is 16.9 Å². The highest BCUT2D eigenvalue weighted by Gasteiger charge is 2.14. The van der Waals surface area contributed by atoms with Crippen LogP contribution in [0.1, 0.15) is 0 Å². The largest absolute Gasteiger partial charge is 0.496 e. The number of pyridine rings is 1. The van der Waals surface area contributed by atoms with E-state index in [1.54, 1.807) is 22.8 Å². The molecule has 0 aliphatic rings. The molecule has 0 fully saturated rings. The first-order valence-electron chi connectivity index (χ1n) is 5.60. The fourth-order valence-corrected chi connectivity index (χ4v) is 1.62. The second-order valence-corrected chi connectivity index (χ2v) is 3.89. The topological polar surface area (TPSA) is 69.7 Å². The van der Waals surface area contributed by atoms with Gasteiger partial charge in [0.2, 0.25) is 0 Å². The van der Waals surface area contributed by atoms with E-state index in [0.717, 1.165) is 0 Å². The minimum atomic E-state index is -0.468. The number of nitro groups is 1. The van der Waals surface area contributed by atoms with Gasteiger partial charge in [-0.2, -0.15) is 0 Å². The third kappa shape index (κ3) is 2.79. The maximum atomic E-state index is 11.0. The van der Waals surface area contributed by atoms with Crippen molar-refractivity contribution in [3.05, 3.63) is 58.2 Å². The van der Waals surface area contributed by atoms with E-state index in [1.807, 2.05) is 25.4 Å². The lowest BCUT2D eigenvalue weighted by atomic mass is 10.2. The Morgan fingerprint density at radius 3 is 2.74 bits per heavy atom. The minimum Gasteiger partial charge on any atom is -0.496 e. The molecule has 0 aliphatic carbocycles. The van der Waals surface area contributed by atoms with Crippen LogP contribution in [0.3, 0.4) is 0 Å². The number of aryl methyl sites for hydroxylation is 1. The molecule has 0 N–H and O–H groups in total. The fourth-order valence-electron chi connectivity index (χ4n) is 1.62. The van der Waals surface area contributed by atoms with Gasteiger partial charge in [-0.25, -0.2) is 4.99 Å². The molecule has 1 aromatic heterocycles. The maximum Gasteiger partial charge on any atom is 0.298 e. The summed E-state index contributed by atoms with van der Waals surface area (Å²) in [6.45, 7) is 0. The van der Waals surface area contributed by atoms with Gasteiger partial charge < -0.3 is 9.30 Å². The van der Waals surface area contributed by atoms with E-state index in [2.05, 4.69) is 4.99 Å². The third-order valence-corrected chi connectivity index (χ3v) is 2.64. The molecule has 19 heavy (non-hydrogen) atoms. The molecule has 0 bridgehead atoms. The Morgan fingerprint density at radius 2 is 2.11 bits per heavy atom. The van der Waals surface area contributed by atoms with Crippen LogP contribution in [-0.2, 0) is 7.05 Å². The molecule has 6 nitrogen and oxygen atoms in total. The van der Waals surface area contributed by atoms with E-state index < -0.39 is 4.92 Å². The molecule has 6 heteroatoms. The Balaban J connectivity index is 2.61. The first-order chi connectivity index (χ1) is 9.11. The fraction of sp³-hybridized carbons (Fsp3) is 0.154. The number of hydrogen-bond acceptors (Lipinski definition) is 4. The van der Waals surface area contributed by atoms with Crippen molar-refractivity contribution >= 4 is 11.4 Å². The second kappa shape index (κ2) is 5.34. The van der Waals surface area contributed by atoms with Crippen LogP contribution in [0.25, 0.3) is 0 Å². The van der Waals surface area contributed by atoms with Crippen LogP contribution >= 0.6 is 0 Å². The van der Waals surface area contributed by atoms with Crippen molar-refractivity contribution in [3.8, 4) is 5.75 Å².